The van der Waals surface area contributed by atoms with E-state index in [2.05, 4.69) is 10.2 Å². The topological polar surface area (TPSA) is 95.3 Å². The van der Waals surface area contributed by atoms with Gasteiger partial charge in [0.2, 0.25) is 5.91 Å². The molecule has 188 valence electrons. The van der Waals surface area contributed by atoms with E-state index in [9.17, 15) is 14.4 Å². The van der Waals surface area contributed by atoms with Crippen LogP contribution in [0.2, 0.25) is 0 Å². The summed E-state index contributed by atoms with van der Waals surface area (Å²) in [5.41, 5.74) is 0. The lowest BCUT2D eigenvalue weighted by atomic mass is 9.83. The molecule has 3 aliphatic rings. The van der Waals surface area contributed by atoms with Crippen LogP contribution in [0.25, 0.3) is 0 Å². The first-order valence-corrected chi connectivity index (χ1v) is 12.7. The number of rotatable bonds is 11. The summed E-state index contributed by atoms with van der Waals surface area (Å²) in [5, 5.41) is 2.73. The maximum atomic E-state index is 13.3. The zero-order valence-corrected chi connectivity index (χ0v) is 20.2. The van der Waals surface area contributed by atoms with E-state index in [1.165, 1.54) is 45.0 Å². The lowest BCUT2D eigenvalue weighted by Gasteiger charge is -2.45. The summed E-state index contributed by atoms with van der Waals surface area (Å²) in [6, 6.07) is 2.92. The van der Waals surface area contributed by atoms with Crippen molar-refractivity contribution >= 4 is 17.8 Å². The predicted octanol–water partition coefficient (Wildman–Crippen LogP) is 2.61. The third-order valence-electron chi connectivity index (χ3n) is 7.46. The molecule has 3 aliphatic heterocycles. The summed E-state index contributed by atoms with van der Waals surface area (Å²) in [6.45, 7) is 4.49. The van der Waals surface area contributed by atoms with Crippen LogP contribution in [0.3, 0.4) is 0 Å². The molecule has 0 aromatic carbocycles. The fourth-order valence-electron chi connectivity index (χ4n) is 5.70. The molecular formula is C25H38N4O5. The second-order valence-corrected chi connectivity index (χ2v) is 9.73. The number of ether oxygens (including phenoxy) is 1. The number of nitrogens with one attached hydrogen (secondary N) is 1. The largest absolute Gasteiger partial charge is 0.467 e. The quantitative estimate of drug-likeness (QED) is 0.391. The fourth-order valence-corrected chi connectivity index (χ4v) is 5.70. The molecule has 0 radical (unpaired) electrons. The molecule has 3 fully saturated rings. The Morgan fingerprint density at radius 3 is 2.88 bits per heavy atom. The first-order chi connectivity index (χ1) is 16.6. The van der Waals surface area contributed by atoms with Crippen molar-refractivity contribution in [3.05, 3.63) is 24.2 Å². The van der Waals surface area contributed by atoms with E-state index in [0.29, 0.717) is 37.3 Å². The molecule has 3 saturated heterocycles. The van der Waals surface area contributed by atoms with E-state index in [0.717, 1.165) is 24.3 Å². The molecule has 4 rings (SSSR count). The van der Waals surface area contributed by atoms with Gasteiger partial charge in [0, 0.05) is 39.3 Å². The number of imide groups is 1. The van der Waals surface area contributed by atoms with Crippen LogP contribution in [0, 0.1) is 5.92 Å². The van der Waals surface area contributed by atoms with Gasteiger partial charge in [0.05, 0.1) is 12.8 Å². The monoisotopic (exact) mass is 474 g/mol. The number of methoxy groups -OCH3 is 1. The molecule has 0 saturated carbocycles. The molecule has 0 spiro atoms. The van der Waals surface area contributed by atoms with E-state index in [1.54, 1.807) is 19.2 Å². The molecule has 1 aromatic rings. The molecule has 1 aromatic heterocycles. The summed E-state index contributed by atoms with van der Waals surface area (Å²) in [6.07, 6.45) is 8.96. The number of furan rings is 1. The second kappa shape index (κ2) is 11.8. The summed E-state index contributed by atoms with van der Waals surface area (Å²) < 4.78 is 10.5. The molecule has 34 heavy (non-hydrogen) atoms. The molecule has 0 aliphatic carbocycles. The van der Waals surface area contributed by atoms with Gasteiger partial charge in [-0.15, -0.1) is 0 Å². The third-order valence-corrected chi connectivity index (χ3v) is 7.46. The molecular weight excluding hydrogens is 436 g/mol. The van der Waals surface area contributed by atoms with E-state index < -0.39 is 12.1 Å². The highest BCUT2D eigenvalue weighted by Gasteiger charge is 2.39. The van der Waals surface area contributed by atoms with Crippen molar-refractivity contribution in [1.82, 2.24) is 20.0 Å². The Labute approximate surface area is 201 Å². The molecule has 1 N–H and O–H groups in total. The van der Waals surface area contributed by atoms with Crippen molar-refractivity contribution in [2.45, 2.75) is 70.0 Å². The van der Waals surface area contributed by atoms with Crippen LogP contribution in [-0.2, 0) is 20.9 Å². The Morgan fingerprint density at radius 2 is 2.09 bits per heavy atom. The Hall–Kier alpha value is -2.39. The average molecular weight is 475 g/mol. The number of nitrogens with zero attached hydrogens (tertiary/aromatic N) is 3. The van der Waals surface area contributed by atoms with Gasteiger partial charge in [0.1, 0.15) is 11.8 Å². The number of urea groups is 1. The first-order valence-electron chi connectivity index (χ1n) is 12.7. The summed E-state index contributed by atoms with van der Waals surface area (Å²) in [7, 11) is 1.68. The second-order valence-electron chi connectivity index (χ2n) is 9.73. The maximum absolute atomic E-state index is 13.3. The lowest BCUT2D eigenvalue weighted by Crippen LogP contribution is -2.51. The summed E-state index contributed by atoms with van der Waals surface area (Å²) in [5.74, 6) is 0.798. The maximum Gasteiger partial charge on any atom is 0.325 e. The van der Waals surface area contributed by atoms with Crippen LogP contribution >= 0.6 is 0 Å². The van der Waals surface area contributed by atoms with Gasteiger partial charge in [-0.3, -0.25) is 14.5 Å². The van der Waals surface area contributed by atoms with Crippen LogP contribution in [0.5, 0.6) is 0 Å². The lowest BCUT2D eigenvalue weighted by molar-refractivity contribution is -0.133. The molecule has 3 unspecified atom stereocenters. The molecule has 0 bridgehead atoms. The van der Waals surface area contributed by atoms with Crippen molar-refractivity contribution < 1.29 is 23.5 Å². The molecule has 9 nitrogen and oxygen atoms in total. The van der Waals surface area contributed by atoms with Crippen molar-refractivity contribution in [3.63, 3.8) is 0 Å². The van der Waals surface area contributed by atoms with Crippen LogP contribution in [0.4, 0.5) is 4.79 Å². The first kappa shape index (κ1) is 24.7. The van der Waals surface area contributed by atoms with Gasteiger partial charge < -0.3 is 24.3 Å². The van der Waals surface area contributed by atoms with E-state index in [1.807, 2.05) is 4.90 Å². The Kier molecular flexibility index (Phi) is 8.61. The molecule has 4 amide bonds. The normalized spacial score (nSPS) is 25.3. The minimum absolute atomic E-state index is 0.0515. The van der Waals surface area contributed by atoms with Gasteiger partial charge >= 0.3 is 6.03 Å². The highest BCUT2D eigenvalue weighted by atomic mass is 16.5. The number of hydrogen-bond acceptors (Lipinski definition) is 6. The van der Waals surface area contributed by atoms with Crippen LogP contribution in [-0.4, -0.2) is 84.5 Å². The van der Waals surface area contributed by atoms with Gasteiger partial charge in [-0.2, -0.15) is 0 Å². The Morgan fingerprint density at radius 1 is 1.24 bits per heavy atom. The average Bonchev–Trinajstić information content (AvgIpc) is 3.46. The molecule has 4 heterocycles. The third kappa shape index (κ3) is 5.99. The number of piperidine rings is 2. The highest BCUT2D eigenvalue weighted by Crippen LogP contribution is 2.31. The number of carbonyl (C=O) groups excluding carboxylic acids is 3. The van der Waals surface area contributed by atoms with Gasteiger partial charge in [-0.05, 0) is 69.7 Å². The smallest absolute Gasteiger partial charge is 0.325 e. The summed E-state index contributed by atoms with van der Waals surface area (Å²) in [4.78, 5) is 44.1. The zero-order chi connectivity index (χ0) is 23.9. The highest BCUT2D eigenvalue weighted by molar-refractivity contribution is 6.04. The number of hydrogen-bond donors (Lipinski definition) is 1. The Bertz CT molecular complexity index is 827. The Balaban J connectivity index is 1.33. The fraction of sp³-hybridized carbons (Fsp3) is 0.720. The van der Waals surface area contributed by atoms with Gasteiger partial charge in [0.25, 0.3) is 5.91 Å². The van der Waals surface area contributed by atoms with E-state index >= 15 is 0 Å². The molecule has 9 heteroatoms. The van der Waals surface area contributed by atoms with Crippen LogP contribution < -0.4 is 5.32 Å². The number of fused-ring (bicyclic) bond motifs is 1. The standard InChI is InChI=1S/C25H38N4O5/c1-33-15-6-14-28(17-19-7-4-13-27-12-3-2-9-22(19)27)23(30)11-10-21-24(31)29(25(32)26-21)18-20-8-5-16-34-20/h5,8,16,19,21-22H,2-4,6-7,9-15,17-18H2,1H3,(H,26,32). The van der Waals surface area contributed by atoms with Crippen LogP contribution in [0.15, 0.2) is 22.8 Å². The zero-order valence-electron chi connectivity index (χ0n) is 20.2. The minimum Gasteiger partial charge on any atom is -0.467 e. The summed E-state index contributed by atoms with van der Waals surface area (Å²) >= 11 is 0. The number of carbonyl (C=O) groups is 3. The number of amides is 4. The van der Waals surface area contributed by atoms with Crippen molar-refractivity contribution in [1.29, 1.82) is 0 Å². The van der Waals surface area contributed by atoms with E-state index in [4.69, 9.17) is 9.15 Å². The van der Waals surface area contributed by atoms with Gasteiger partial charge in [-0.1, -0.05) is 6.42 Å². The predicted molar refractivity (Wildman–Crippen MR) is 126 cm³/mol. The minimum atomic E-state index is -0.671. The SMILES string of the molecule is COCCCN(CC1CCCN2CCCCC12)C(=O)CCC1NC(=O)N(Cc2ccco2)C1=O. The molecule has 3 atom stereocenters. The van der Waals surface area contributed by atoms with Gasteiger partial charge in [-0.25, -0.2) is 4.79 Å². The van der Waals surface area contributed by atoms with Crippen molar-refractivity contribution in [3.8, 4) is 0 Å². The van der Waals surface area contributed by atoms with Crippen LogP contribution in [0.1, 0.15) is 57.1 Å². The van der Waals surface area contributed by atoms with E-state index in [-0.39, 0.29) is 24.8 Å². The van der Waals surface area contributed by atoms with Gasteiger partial charge in [0.15, 0.2) is 0 Å². The van der Waals surface area contributed by atoms with Crippen molar-refractivity contribution in [2.24, 2.45) is 5.92 Å². The van der Waals surface area contributed by atoms with Crippen molar-refractivity contribution in [2.75, 3.05) is 39.9 Å².